The first-order valence-electron chi connectivity index (χ1n) is 7.73. The minimum atomic E-state index is -0.100. The molecule has 0 spiro atoms. The molecule has 0 aliphatic carbocycles. The fourth-order valence-corrected chi connectivity index (χ4v) is 3.10. The maximum atomic E-state index is 12.7. The van der Waals surface area contributed by atoms with Gasteiger partial charge in [-0.1, -0.05) is 23.7 Å². The van der Waals surface area contributed by atoms with Gasteiger partial charge in [-0.3, -0.25) is 9.69 Å². The predicted molar refractivity (Wildman–Crippen MR) is 93.8 cm³/mol. The van der Waals surface area contributed by atoms with E-state index in [2.05, 4.69) is 14.9 Å². The molecule has 6 nitrogen and oxygen atoms in total. The van der Waals surface area contributed by atoms with Crippen molar-refractivity contribution in [3.63, 3.8) is 0 Å². The van der Waals surface area contributed by atoms with Crippen LogP contribution in [0.25, 0.3) is 0 Å². The van der Waals surface area contributed by atoms with Crippen molar-refractivity contribution in [3.05, 3.63) is 41.7 Å². The number of ether oxygens (including phenoxy) is 1. The lowest BCUT2D eigenvalue weighted by Gasteiger charge is -2.22. The quantitative estimate of drug-likeness (QED) is 0.851. The van der Waals surface area contributed by atoms with Crippen LogP contribution >= 0.6 is 11.6 Å². The van der Waals surface area contributed by atoms with Crippen molar-refractivity contribution in [2.24, 2.45) is 5.92 Å². The molecule has 2 aromatic rings. The summed E-state index contributed by atoms with van der Waals surface area (Å²) in [6.45, 7) is 1.44. The third-order valence-corrected chi connectivity index (χ3v) is 4.53. The Kier molecular flexibility index (Phi) is 4.85. The summed E-state index contributed by atoms with van der Waals surface area (Å²) >= 11 is 6.25. The highest BCUT2D eigenvalue weighted by molar-refractivity contribution is 6.33. The van der Waals surface area contributed by atoms with Crippen molar-refractivity contribution in [3.8, 4) is 5.75 Å². The van der Waals surface area contributed by atoms with Gasteiger partial charge in [0.05, 0.1) is 36.1 Å². The highest BCUT2D eigenvalue weighted by Gasteiger charge is 2.32. The number of methoxy groups -OCH3 is 1. The van der Waals surface area contributed by atoms with Crippen LogP contribution in [-0.4, -0.2) is 43.1 Å². The molecule has 1 saturated heterocycles. The molecular weight excluding hydrogens is 328 g/mol. The Hall–Kier alpha value is -2.34. The summed E-state index contributed by atoms with van der Waals surface area (Å²) in [7, 11) is 3.25. The molecule has 0 N–H and O–H groups in total. The maximum Gasteiger partial charge on any atom is 0.234 e. The summed E-state index contributed by atoms with van der Waals surface area (Å²) in [6, 6.07) is 7.70. The Morgan fingerprint density at radius 2 is 2.04 bits per heavy atom. The maximum absolute atomic E-state index is 12.7. The van der Waals surface area contributed by atoms with Gasteiger partial charge in [-0.2, -0.15) is 0 Å². The van der Waals surface area contributed by atoms with Gasteiger partial charge in [0.25, 0.3) is 0 Å². The third kappa shape index (κ3) is 3.28. The summed E-state index contributed by atoms with van der Waals surface area (Å²) < 4.78 is 5.04. The van der Waals surface area contributed by atoms with Gasteiger partial charge in [0.15, 0.2) is 5.75 Å². The van der Waals surface area contributed by atoms with E-state index in [-0.39, 0.29) is 11.8 Å². The normalized spacial score (nSPS) is 17.0. The average Bonchev–Trinajstić information content (AvgIpc) is 3.11. The topological polar surface area (TPSA) is 58.6 Å². The van der Waals surface area contributed by atoms with Gasteiger partial charge in [-0.15, -0.1) is 0 Å². The molecule has 0 bridgehead atoms. The predicted octanol–water partition coefficient (Wildman–Crippen LogP) is 2.63. The van der Waals surface area contributed by atoms with Gasteiger partial charge in [-0.25, -0.2) is 9.97 Å². The van der Waals surface area contributed by atoms with Crippen molar-refractivity contribution < 1.29 is 9.53 Å². The zero-order chi connectivity index (χ0) is 17.1. The van der Waals surface area contributed by atoms with Crippen LogP contribution in [0.4, 0.5) is 11.6 Å². The minimum Gasteiger partial charge on any atom is -0.494 e. The van der Waals surface area contributed by atoms with Crippen LogP contribution in [0.15, 0.2) is 36.7 Å². The van der Waals surface area contributed by atoms with Gasteiger partial charge in [0.1, 0.15) is 0 Å². The molecule has 1 atom stereocenters. The number of anilines is 2. The van der Waals surface area contributed by atoms with E-state index in [0.717, 1.165) is 18.7 Å². The number of aromatic nitrogens is 2. The molecule has 1 aliphatic heterocycles. The number of para-hydroxylation sites is 1. The lowest BCUT2D eigenvalue weighted by Crippen LogP contribution is -2.35. The number of carbonyl (C=O) groups excluding carboxylic acids is 1. The van der Waals surface area contributed by atoms with Crippen LogP contribution < -0.4 is 14.5 Å². The van der Waals surface area contributed by atoms with Crippen molar-refractivity contribution >= 4 is 29.1 Å². The molecule has 0 radical (unpaired) electrons. The highest BCUT2D eigenvalue weighted by Crippen LogP contribution is 2.31. The van der Waals surface area contributed by atoms with E-state index in [1.807, 2.05) is 24.3 Å². The highest BCUT2D eigenvalue weighted by atomic mass is 35.5. The number of rotatable bonds is 4. The first kappa shape index (κ1) is 16.5. The second kappa shape index (κ2) is 7.05. The summed E-state index contributed by atoms with van der Waals surface area (Å²) in [5.74, 6) is 0.842. The lowest BCUT2D eigenvalue weighted by molar-refractivity contribution is -0.121. The van der Waals surface area contributed by atoms with Gasteiger partial charge in [-0.05, 0) is 18.6 Å². The van der Waals surface area contributed by atoms with Gasteiger partial charge in [0.2, 0.25) is 11.9 Å². The number of carbonyl (C=O) groups is 1. The number of hydrogen-bond donors (Lipinski definition) is 0. The Morgan fingerprint density at radius 1 is 1.33 bits per heavy atom. The van der Waals surface area contributed by atoms with Crippen LogP contribution in [0.1, 0.15) is 6.42 Å². The van der Waals surface area contributed by atoms with Crippen LogP contribution in [0.3, 0.4) is 0 Å². The molecule has 1 unspecified atom stereocenters. The van der Waals surface area contributed by atoms with Crippen LogP contribution in [-0.2, 0) is 4.79 Å². The Bertz CT molecular complexity index is 723. The van der Waals surface area contributed by atoms with Gasteiger partial charge >= 0.3 is 0 Å². The van der Waals surface area contributed by atoms with Crippen LogP contribution in [0, 0.1) is 5.92 Å². The van der Waals surface area contributed by atoms with E-state index in [4.69, 9.17) is 16.3 Å². The molecule has 1 aromatic carbocycles. The molecule has 1 amide bonds. The van der Waals surface area contributed by atoms with E-state index in [1.165, 1.54) is 4.90 Å². The van der Waals surface area contributed by atoms with E-state index in [9.17, 15) is 4.79 Å². The first-order valence-corrected chi connectivity index (χ1v) is 8.11. The van der Waals surface area contributed by atoms with E-state index >= 15 is 0 Å². The molecule has 1 fully saturated rings. The number of nitrogens with zero attached hydrogens (tertiary/aromatic N) is 4. The second-order valence-electron chi connectivity index (χ2n) is 5.70. The molecule has 24 heavy (non-hydrogen) atoms. The summed E-state index contributed by atoms with van der Waals surface area (Å²) in [4.78, 5) is 24.7. The SMILES string of the molecule is COc1cnc(N(C)C(=O)C2CCN(c3ccccc3Cl)C2)nc1. The van der Waals surface area contributed by atoms with Crippen molar-refractivity contribution in [2.75, 3.05) is 37.0 Å². The molecule has 2 heterocycles. The zero-order valence-corrected chi connectivity index (χ0v) is 14.4. The average molecular weight is 347 g/mol. The summed E-state index contributed by atoms with van der Waals surface area (Å²) in [5.41, 5.74) is 0.970. The molecule has 7 heteroatoms. The van der Waals surface area contributed by atoms with Crippen molar-refractivity contribution in [1.82, 2.24) is 9.97 Å². The Morgan fingerprint density at radius 3 is 2.71 bits per heavy atom. The summed E-state index contributed by atoms with van der Waals surface area (Å²) in [6.07, 6.45) is 3.89. The number of benzene rings is 1. The number of hydrogen-bond acceptors (Lipinski definition) is 5. The fourth-order valence-electron chi connectivity index (χ4n) is 2.85. The Balaban J connectivity index is 1.68. The van der Waals surface area contributed by atoms with E-state index < -0.39 is 0 Å². The standard InChI is InChI=1S/C17H19ClN4O2/c1-21(17-19-9-13(24-2)10-20-17)16(23)12-7-8-22(11-12)15-6-4-3-5-14(15)18/h3-6,9-10,12H,7-8,11H2,1-2H3. The first-order chi connectivity index (χ1) is 11.6. The van der Waals surface area contributed by atoms with Gasteiger partial charge in [0, 0.05) is 20.1 Å². The van der Waals surface area contributed by atoms with Crippen molar-refractivity contribution in [1.29, 1.82) is 0 Å². The Labute approximate surface area is 146 Å². The van der Waals surface area contributed by atoms with Crippen LogP contribution in [0.2, 0.25) is 5.02 Å². The summed E-state index contributed by atoms with van der Waals surface area (Å²) in [5, 5.41) is 0.706. The van der Waals surface area contributed by atoms with Gasteiger partial charge < -0.3 is 9.64 Å². The number of halogens is 1. The molecular formula is C17H19ClN4O2. The molecule has 0 saturated carbocycles. The second-order valence-corrected chi connectivity index (χ2v) is 6.11. The lowest BCUT2D eigenvalue weighted by atomic mass is 10.1. The monoisotopic (exact) mass is 346 g/mol. The molecule has 1 aliphatic rings. The van der Waals surface area contributed by atoms with E-state index in [0.29, 0.717) is 23.3 Å². The minimum absolute atomic E-state index is 0.00900. The fraction of sp³-hybridized carbons (Fsp3) is 0.353. The zero-order valence-electron chi connectivity index (χ0n) is 13.6. The third-order valence-electron chi connectivity index (χ3n) is 4.21. The van der Waals surface area contributed by atoms with Crippen LogP contribution in [0.5, 0.6) is 5.75 Å². The largest absolute Gasteiger partial charge is 0.494 e. The number of amides is 1. The smallest absolute Gasteiger partial charge is 0.234 e. The molecule has 1 aromatic heterocycles. The molecule has 126 valence electrons. The van der Waals surface area contributed by atoms with E-state index in [1.54, 1.807) is 26.6 Å². The molecule has 3 rings (SSSR count). The van der Waals surface area contributed by atoms with Crippen molar-refractivity contribution in [2.45, 2.75) is 6.42 Å².